The van der Waals surface area contributed by atoms with Gasteiger partial charge in [-0.3, -0.25) is 4.79 Å². The first-order chi connectivity index (χ1) is 10.2. The monoisotopic (exact) mass is 287 g/mol. The van der Waals surface area contributed by atoms with E-state index in [-0.39, 0.29) is 24.0 Å². The number of nitrogens with zero attached hydrogens (tertiary/aromatic N) is 1. The highest BCUT2D eigenvalue weighted by atomic mass is 16.5. The predicted molar refractivity (Wildman–Crippen MR) is 80.8 cm³/mol. The van der Waals surface area contributed by atoms with Crippen LogP contribution in [0.15, 0.2) is 24.3 Å². The Labute approximate surface area is 124 Å². The first-order valence-electron chi connectivity index (χ1n) is 7.55. The number of carbonyl (C=O) groups is 1. The number of nitrogens with one attached hydrogen (secondary N) is 2. The van der Waals surface area contributed by atoms with Gasteiger partial charge in [0.2, 0.25) is 5.91 Å². The van der Waals surface area contributed by atoms with Crippen molar-refractivity contribution in [1.29, 1.82) is 0 Å². The van der Waals surface area contributed by atoms with Crippen molar-refractivity contribution in [3.63, 3.8) is 0 Å². The van der Waals surface area contributed by atoms with Crippen molar-refractivity contribution in [2.75, 3.05) is 6.61 Å². The minimum absolute atomic E-state index is 0.0400. The average molecular weight is 287 g/mol. The quantitative estimate of drug-likeness (QED) is 0.908. The molecule has 21 heavy (non-hydrogen) atoms. The largest absolute Gasteiger partial charge is 0.377 e. The molecule has 2 N–H and O–H groups in total. The molecular weight excluding hydrogens is 266 g/mol. The van der Waals surface area contributed by atoms with E-state index in [9.17, 15) is 4.79 Å². The molecule has 5 nitrogen and oxygen atoms in total. The molecule has 1 aliphatic rings. The molecule has 1 aliphatic heterocycles. The van der Waals surface area contributed by atoms with Gasteiger partial charge in [-0.05, 0) is 31.9 Å². The third-order valence-corrected chi connectivity index (χ3v) is 4.13. The SMILES string of the molecule is CCC1OCCC1C(=O)NC(C)c1nc2ccccc2[nH]1. The minimum atomic E-state index is -0.136. The van der Waals surface area contributed by atoms with Gasteiger partial charge in [-0.25, -0.2) is 4.98 Å². The summed E-state index contributed by atoms with van der Waals surface area (Å²) in [5, 5.41) is 3.05. The van der Waals surface area contributed by atoms with Gasteiger partial charge in [-0.1, -0.05) is 19.1 Å². The molecule has 0 spiro atoms. The lowest BCUT2D eigenvalue weighted by atomic mass is 9.98. The number of hydrogen-bond donors (Lipinski definition) is 2. The highest BCUT2D eigenvalue weighted by Crippen LogP contribution is 2.24. The lowest BCUT2D eigenvalue weighted by molar-refractivity contribution is -0.127. The number of para-hydroxylation sites is 2. The molecule has 2 heterocycles. The number of imidazole rings is 1. The van der Waals surface area contributed by atoms with Crippen molar-refractivity contribution in [3.8, 4) is 0 Å². The van der Waals surface area contributed by atoms with E-state index >= 15 is 0 Å². The Bertz CT molecular complexity index is 604. The van der Waals surface area contributed by atoms with Crippen LogP contribution in [0.2, 0.25) is 0 Å². The molecule has 112 valence electrons. The molecule has 1 aromatic heterocycles. The Kier molecular flexibility index (Phi) is 3.92. The van der Waals surface area contributed by atoms with Crippen LogP contribution in [0.3, 0.4) is 0 Å². The number of aromatic amines is 1. The van der Waals surface area contributed by atoms with E-state index in [1.54, 1.807) is 0 Å². The van der Waals surface area contributed by atoms with E-state index in [2.05, 4.69) is 22.2 Å². The van der Waals surface area contributed by atoms with Gasteiger partial charge in [0.05, 0.1) is 29.1 Å². The summed E-state index contributed by atoms with van der Waals surface area (Å²) in [5.74, 6) is 0.811. The van der Waals surface area contributed by atoms with Crippen molar-refractivity contribution in [1.82, 2.24) is 15.3 Å². The number of amides is 1. The molecule has 0 saturated carbocycles. The van der Waals surface area contributed by atoms with Gasteiger partial charge in [-0.15, -0.1) is 0 Å². The lowest BCUT2D eigenvalue weighted by Gasteiger charge is -2.19. The summed E-state index contributed by atoms with van der Waals surface area (Å²) in [4.78, 5) is 20.2. The molecule has 1 aromatic carbocycles. The van der Waals surface area contributed by atoms with Crippen LogP contribution in [0, 0.1) is 5.92 Å². The average Bonchev–Trinajstić information content (AvgIpc) is 3.13. The number of fused-ring (bicyclic) bond motifs is 1. The van der Waals surface area contributed by atoms with E-state index in [4.69, 9.17) is 4.74 Å². The van der Waals surface area contributed by atoms with Crippen LogP contribution in [0.1, 0.15) is 38.6 Å². The van der Waals surface area contributed by atoms with Crippen LogP contribution in [0.25, 0.3) is 11.0 Å². The molecule has 3 atom stereocenters. The summed E-state index contributed by atoms with van der Waals surface area (Å²) in [6.45, 7) is 4.68. The number of benzene rings is 1. The van der Waals surface area contributed by atoms with E-state index < -0.39 is 0 Å². The van der Waals surface area contributed by atoms with Gasteiger partial charge in [0.25, 0.3) is 0 Å². The second kappa shape index (κ2) is 5.85. The molecule has 0 radical (unpaired) electrons. The molecule has 1 saturated heterocycles. The van der Waals surface area contributed by atoms with Gasteiger partial charge >= 0.3 is 0 Å². The fourth-order valence-electron chi connectivity index (χ4n) is 2.92. The summed E-state index contributed by atoms with van der Waals surface area (Å²) in [6.07, 6.45) is 1.72. The van der Waals surface area contributed by atoms with E-state index in [0.717, 1.165) is 29.7 Å². The second-order valence-electron chi connectivity index (χ2n) is 5.58. The highest BCUT2D eigenvalue weighted by Gasteiger charge is 2.33. The Morgan fingerprint density at radius 1 is 1.52 bits per heavy atom. The fourth-order valence-corrected chi connectivity index (χ4v) is 2.92. The predicted octanol–water partition coefficient (Wildman–Crippen LogP) is 2.56. The summed E-state index contributed by atoms with van der Waals surface area (Å²) in [5.41, 5.74) is 1.91. The highest BCUT2D eigenvalue weighted by molar-refractivity contribution is 5.80. The maximum absolute atomic E-state index is 12.4. The number of hydrogen-bond acceptors (Lipinski definition) is 3. The number of aromatic nitrogens is 2. The summed E-state index contributed by atoms with van der Waals surface area (Å²) < 4.78 is 5.59. The van der Waals surface area contributed by atoms with Gasteiger partial charge in [0.1, 0.15) is 5.82 Å². The summed E-state index contributed by atoms with van der Waals surface area (Å²) >= 11 is 0. The second-order valence-corrected chi connectivity index (χ2v) is 5.58. The molecule has 2 aromatic rings. The molecule has 1 fully saturated rings. The minimum Gasteiger partial charge on any atom is -0.377 e. The Morgan fingerprint density at radius 2 is 2.33 bits per heavy atom. The van der Waals surface area contributed by atoms with E-state index in [0.29, 0.717) is 6.61 Å². The first kappa shape index (κ1) is 14.1. The maximum atomic E-state index is 12.4. The number of ether oxygens (including phenoxy) is 1. The molecule has 3 unspecified atom stereocenters. The molecule has 3 rings (SSSR count). The normalized spacial score (nSPS) is 23.3. The van der Waals surface area contributed by atoms with Crippen molar-refractivity contribution < 1.29 is 9.53 Å². The topological polar surface area (TPSA) is 67.0 Å². The zero-order valence-corrected chi connectivity index (χ0v) is 12.4. The number of rotatable bonds is 4. The zero-order valence-electron chi connectivity index (χ0n) is 12.4. The molecular formula is C16H21N3O2. The lowest BCUT2D eigenvalue weighted by Crippen LogP contribution is -2.36. The Morgan fingerprint density at radius 3 is 3.10 bits per heavy atom. The number of carbonyl (C=O) groups excluding carboxylic acids is 1. The fraction of sp³-hybridized carbons (Fsp3) is 0.500. The van der Waals surface area contributed by atoms with Crippen LogP contribution < -0.4 is 5.32 Å². The third kappa shape index (κ3) is 2.78. The zero-order chi connectivity index (χ0) is 14.8. The van der Waals surface area contributed by atoms with Crippen LogP contribution >= 0.6 is 0 Å². The van der Waals surface area contributed by atoms with Crippen LogP contribution in [-0.2, 0) is 9.53 Å². The molecule has 0 aliphatic carbocycles. The molecule has 1 amide bonds. The van der Waals surface area contributed by atoms with Crippen LogP contribution in [-0.4, -0.2) is 28.6 Å². The Balaban J connectivity index is 1.70. The summed E-state index contributed by atoms with van der Waals surface area (Å²) in [6, 6.07) is 7.73. The van der Waals surface area contributed by atoms with Gasteiger partial charge < -0.3 is 15.0 Å². The van der Waals surface area contributed by atoms with Crippen molar-refractivity contribution >= 4 is 16.9 Å². The third-order valence-electron chi connectivity index (χ3n) is 4.13. The van der Waals surface area contributed by atoms with Gasteiger partial charge in [-0.2, -0.15) is 0 Å². The van der Waals surface area contributed by atoms with Crippen molar-refractivity contribution in [3.05, 3.63) is 30.1 Å². The Hall–Kier alpha value is -1.88. The smallest absolute Gasteiger partial charge is 0.226 e. The van der Waals surface area contributed by atoms with E-state index in [1.807, 2.05) is 31.2 Å². The van der Waals surface area contributed by atoms with E-state index in [1.165, 1.54) is 0 Å². The van der Waals surface area contributed by atoms with Crippen molar-refractivity contribution in [2.24, 2.45) is 5.92 Å². The number of H-pyrrole nitrogens is 1. The standard InChI is InChI=1S/C16H21N3O2/c1-3-14-11(8-9-21-14)16(20)17-10(2)15-18-12-6-4-5-7-13(12)19-15/h4-7,10-11,14H,3,8-9H2,1-2H3,(H,17,20)(H,18,19). The van der Waals surface area contributed by atoms with Crippen molar-refractivity contribution in [2.45, 2.75) is 38.8 Å². The molecule has 5 heteroatoms. The maximum Gasteiger partial charge on any atom is 0.226 e. The van der Waals surface area contributed by atoms with Gasteiger partial charge in [0.15, 0.2) is 0 Å². The first-order valence-corrected chi connectivity index (χ1v) is 7.55. The summed E-state index contributed by atoms with van der Waals surface area (Å²) in [7, 11) is 0. The van der Waals surface area contributed by atoms with Gasteiger partial charge in [0, 0.05) is 6.61 Å². The van der Waals surface area contributed by atoms with Crippen LogP contribution in [0.4, 0.5) is 0 Å². The molecule has 0 bridgehead atoms. The van der Waals surface area contributed by atoms with Crippen LogP contribution in [0.5, 0.6) is 0 Å².